The van der Waals surface area contributed by atoms with Crippen LogP contribution in [0.1, 0.15) is 12.8 Å². The van der Waals surface area contributed by atoms with Crippen molar-refractivity contribution in [3.05, 3.63) is 0 Å². The third-order valence-corrected chi connectivity index (χ3v) is 4.00. The van der Waals surface area contributed by atoms with Crippen LogP contribution in [0.4, 0.5) is 0 Å². The SMILES string of the molecule is O=C(O)C=IC1CC1. The zero-order valence-corrected chi connectivity index (χ0v) is 6.46. The lowest BCUT2D eigenvalue weighted by Gasteiger charge is -1.75. The number of halogens is 1. The van der Waals surface area contributed by atoms with Gasteiger partial charge in [-0.2, -0.15) is 0 Å². The number of hydrogen-bond acceptors (Lipinski definition) is 1. The Hall–Kier alpha value is 0.0700. The van der Waals surface area contributed by atoms with E-state index in [9.17, 15) is 4.79 Å². The molecule has 1 rings (SSSR count). The molecule has 0 aromatic heterocycles. The molecule has 46 valence electrons. The van der Waals surface area contributed by atoms with Gasteiger partial charge in [0, 0.05) is 3.92 Å². The molecular weight excluding hydrogens is 219 g/mol. The summed E-state index contributed by atoms with van der Waals surface area (Å²) in [6, 6.07) is 0. The van der Waals surface area contributed by atoms with Crippen LogP contribution in [-0.4, -0.2) is 19.0 Å². The molecule has 0 aromatic carbocycles. The van der Waals surface area contributed by atoms with Crippen molar-refractivity contribution in [3.63, 3.8) is 0 Å². The molecule has 1 fully saturated rings. The van der Waals surface area contributed by atoms with Crippen molar-refractivity contribution in [1.29, 1.82) is 0 Å². The standard InChI is InChI=1S/C5H7IO2/c7-5(8)3-6-4-1-2-4/h3-4H,1-2H2,(H,7,8). The van der Waals surface area contributed by atoms with Crippen molar-refractivity contribution in [2.24, 2.45) is 0 Å². The van der Waals surface area contributed by atoms with Gasteiger partial charge < -0.3 is 5.11 Å². The lowest BCUT2D eigenvalue weighted by Crippen LogP contribution is -1.91. The summed E-state index contributed by atoms with van der Waals surface area (Å²) in [4.78, 5) is 9.90. The van der Waals surface area contributed by atoms with Gasteiger partial charge in [-0.1, -0.05) is 0 Å². The van der Waals surface area contributed by atoms with E-state index in [0.717, 1.165) is 3.92 Å². The molecule has 0 spiro atoms. The minimum atomic E-state index is -0.732. The maximum atomic E-state index is 9.90. The highest BCUT2D eigenvalue weighted by molar-refractivity contribution is 14.2. The maximum Gasteiger partial charge on any atom is 0.333 e. The fraction of sp³-hybridized carbons (Fsp3) is 0.600. The average molecular weight is 226 g/mol. The molecule has 1 aliphatic rings. The van der Waals surface area contributed by atoms with Gasteiger partial charge in [0.05, 0.1) is 4.01 Å². The molecule has 0 aliphatic heterocycles. The molecule has 1 aliphatic carbocycles. The molecule has 1 saturated carbocycles. The van der Waals surface area contributed by atoms with Crippen LogP contribution in [0.3, 0.4) is 0 Å². The van der Waals surface area contributed by atoms with Gasteiger partial charge >= 0.3 is 5.97 Å². The van der Waals surface area contributed by atoms with Crippen molar-refractivity contribution in [2.75, 3.05) is 0 Å². The first kappa shape index (κ1) is 6.19. The molecule has 0 aromatic rings. The van der Waals surface area contributed by atoms with Crippen LogP contribution in [0.25, 0.3) is 0 Å². The van der Waals surface area contributed by atoms with Crippen molar-refractivity contribution in [3.8, 4) is 0 Å². The molecule has 8 heavy (non-hydrogen) atoms. The van der Waals surface area contributed by atoms with Crippen molar-refractivity contribution < 1.29 is 9.90 Å². The van der Waals surface area contributed by atoms with Gasteiger partial charge in [-0.25, -0.2) is 4.79 Å². The zero-order valence-electron chi connectivity index (χ0n) is 4.30. The van der Waals surface area contributed by atoms with Gasteiger partial charge in [-0.3, -0.25) is 0 Å². The van der Waals surface area contributed by atoms with E-state index < -0.39 is 5.97 Å². The Balaban J connectivity index is 2.23. The third-order valence-electron chi connectivity index (χ3n) is 0.841. The molecule has 2 nitrogen and oxygen atoms in total. The van der Waals surface area contributed by atoms with Crippen molar-refractivity contribution >= 4 is 30.7 Å². The Labute approximate surface area is 57.6 Å². The Morgan fingerprint density at radius 2 is 2.38 bits per heavy atom. The number of alkyl halides is 1. The first-order chi connectivity index (χ1) is 3.79. The number of carboxylic acids is 1. The monoisotopic (exact) mass is 226 g/mol. The van der Waals surface area contributed by atoms with Crippen molar-refractivity contribution in [1.82, 2.24) is 0 Å². The van der Waals surface area contributed by atoms with E-state index in [1.165, 1.54) is 16.9 Å². The lowest BCUT2D eigenvalue weighted by molar-refractivity contribution is -0.128. The van der Waals surface area contributed by atoms with E-state index in [-0.39, 0.29) is 20.7 Å². The quantitative estimate of drug-likeness (QED) is 0.563. The van der Waals surface area contributed by atoms with Gasteiger partial charge in [-0.05, 0) is 12.8 Å². The summed E-state index contributed by atoms with van der Waals surface area (Å²) in [5.74, 6) is -0.732. The van der Waals surface area contributed by atoms with Gasteiger partial charge in [-0.15, -0.1) is 20.7 Å². The summed E-state index contributed by atoms with van der Waals surface area (Å²) in [7, 11) is 0. The minimum absolute atomic E-state index is 0.0885. The fourth-order valence-electron chi connectivity index (χ4n) is 0.332. The van der Waals surface area contributed by atoms with E-state index >= 15 is 0 Å². The number of carboxylic acid groups (broad SMARTS) is 1. The number of rotatable bonds is 2. The second kappa shape index (κ2) is 2.57. The second-order valence-electron chi connectivity index (χ2n) is 1.75. The van der Waals surface area contributed by atoms with E-state index in [1.54, 1.807) is 0 Å². The van der Waals surface area contributed by atoms with Crippen LogP contribution < -0.4 is 0 Å². The van der Waals surface area contributed by atoms with Gasteiger partial charge in [0.25, 0.3) is 0 Å². The largest absolute Gasteiger partial charge is 0.478 e. The van der Waals surface area contributed by atoms with E-state index in [1.807, 2.05) is 0 Å². The van der Waals surface area contributed by atoms with Crippen LogP contribution in [0.5, 0.6) is 0 Å². The van der Waals surface area contributed by atoms with Crippen LogP contribution in [0.2, 0.25) is 0 Å². The third kappa shape index (κ3) is 2.40. The normalized spacial score (nSPS) is 20.5. The summed E-state index contributed by atoms with van der Waals surface area (Å²) in [6.45, 7) is 0. The summed E-state index contributed by atoms with van der Waals surface area (Å²) in [6.07, 6.45) is 2.55. The summed E-state index contributed by atoms with van der Waals surface area (Å²) in [5, 5.41) is 8.16. The summed E-state index contributed by atoms with van der Waals surface area (Å²) < 4.78 is 2.26. The molecule has 0 radical (unpaired) electrons. The van der Waals surface area contributed by atoms with Crippen molar-refractivity contribution in [2.45, 2.75) is 16.8 Å². The summed E-state index contributed by atoms with van der Waals surface area (Å²) >= 11 is -0.0885. The highest BCUT2D eigenvalue weighted by atomic mass is 127. The number of carbonyl (C=O) groups is 1. The Morgan fingerprint density at radius 1 is 1.75 bits per heavy atom. The molecule has 0 amide bonds. The van der Waals surface area contributed by atoms with Gasteiger partial charge in [0.1, 0.15) is 0 Å². The Kier molecular flexibility index (Phi) is 1.99. The van der Waals surface area contributed by atoms with E-state index in [0.29, 0.717) is 0 Å². The first-order valence-corrected chi connectivity index (χ1v) is 4.96. The predicted molar refractivity (Wildman–Crippen MR) is 40.7 cm³/mol. The van der Waals surface area contributed by atoms with Crippen LogP contribution in [0.15, 0.2) is 0 Å². The van der Waals surface area contributed by atoms with E-state index in [4.69, 9.17) is 5.11 Å². The number of hydrogen-bond donors (Lipinski definition) is 1. The smallest absolute Gasteiger partial charge is 0.333 e. The van der Waals surface area contributed by atoms with Gasteiger partial charge in [0.15, 0.2) is 0 Å². The van der Waals surface area contributed by atoms with E-state index in [2.05, 4.69) is 0 Å². The predicted octanol–water partition coefficient (Wildman–Crippen LogP) is 1.01. The average Bonchev–Trinajstić information content (AvgIpc) is 2.41. The molecule has 0 bridgehead atoms. The highest BCUT2D eigenvalue weighted by Gasteiger charge is 2.18. The van der Waals surface area contributed by atoms with Crippen LogP contribution in [-0.2, 0) is 4.79 Å². The Morgan fingerprint density at radius 3 is 2.75 bits per heavy atom. The molecule has 0 saturated heterocycles. The topological polar surface area (TPSA) is 37.3 Å². The summed E-state index contributed by atoms with van der Waals surface area (Å²) in [5.41, 5.74) is 0. The lowest BCUT2D eigenvalue weighted by atomic mass is 10.9. The minimum Gasteiger partial charge on any atom is -0.478 e. The zero-order chi connectivity index (χ0) is 5.98. The second-order valence-corrected chi connectivity index (χ2v) is 4.85. The molecule has 0 unspecified atom stereocenters. The molecular formula is C5H7IO2. The van der Waals surface area contributed by atoms with Crippen LogP contribution >= 0.6 is 20.7 Å². The molecule has 3 heteroatoms. The number of aliphatic carboxylic acids is 1. The molecule has 1 N–H and O–H groups in total. The maximum absolute atomic E-state index is 9.90. The fourth-order valence-corrected chi connectivity index (χ4v) is 2.23. The van der Waals surface area contributed by atoms with Crippen LogP contribution in [0, 0.1) is 0 Å². The van der Waals surface area contributed by atoms with Gasteiger partial charge in [0.2, 0.25) is 0 Å². The highest BCUT2D eigenvalue weighted by Crippen LogP contribution is 2.33. The molecule has 0 heterocycles. The molecule has 0 atom stereocenters. The first-order valence-electron chi connectivity index (χ1n) is 2.47. The Bertz CT molecular complexity index is 126.